The van der Waals surface area contributed by atoms with Gasteiger partial charge in [-0.1, -0.05) is 26.0 Å². The van der Waals surface area contributed by atoms with Crippen molar-refractivity contribution in [1.29, 1.82) is 0 Å². The van der Waals surface area contributed by atoms with Crippen LogP contribution in [-0.2, 0) is 4.74 Å². The summed E-state index contributed by atoms with van der Waals surface area (Å²) in [6, 6.07) is 7.55. The summed E-state index contributed by atoms with van der Waals surface area (Å²) in [6.45, 7) is 5.87. The summed E-state index contributed by atoms with van der Waals surface area (Å²) in [5.41, 5.74) is 7.35. The molecule has 102 valence electrons. The van der Waals surface area contributed by atoms with Gasteiger partial charge in [0, 0.05) is 6.61 Å². The van der Waals surface area contributed by atoms with Gasteiger partial charge in [-0.3, -0.25) is 0 Å². The number of para-hydroxylation sites is 2. The molecule has 0 aliphatic carbocycles. The van der Waals surface area contributed by atoms with Crippen LogP contribution in [0.2, 0.25) is 0 Å². The van der Waals surface area contributed by atoms with Crippen LogP contribution in [0.4, 0.5) is 5.82 Å². The van der Waals surface area contributed by atoms with E-state index in [0.29, 0.717) is 30.8 Å². The lowest BCUT2D eigenvalue weighted by Crippen LogP contribution is -2.12. The Kier molecular flexibility index (Phi) is 4.52. The number of ether oxygens (including phenoxy) is 2. The number of fused-ring (bicyclic) bond motifs is 1. The van der Waals surface area contributed by atoms with Crippen LogP contribution in [0.25, 0.3) is 11.0 Å². The van der Waals surface area contributed by atoms with E-state index in [-0.39, 0.29) is 0 Å². The van der Waals surface area contributed by atoms with Gasteiger partial charge in [-0.15, -0.1) is 0 Å². The topological polar surface area (TPSA) is 70.3 Å². The summed E-state index contributed by atoms with van der Waals surface area (Å²) in [4.78, 5) is 8.59. The van der Waals surface area contributed by atoms with Gasteiger partial charge >= 0.3 is 0 Å². The molecule has 0 atom stereocenters. The van der Waals surface area contributed by atoms with Crippen molar-refractivity contribution in [3.63, 3.8) is 0 Å². The first-order valence-electron chi connectivity index (χ1n) is 6.39. The maximum Gasteiger partial charge on any atom is 0.257 e. The zero-order valence-electron chi connectivity index (χ0n) is 11.3. The number of nitrogens with zero attached hydrogens (tertiary/aromatic N) is 2. The minimum absolute atomic E-state index is 0.308. The maximum atomic E-state index is 5.81. The Labute approximate surface area is 112 Å². The minimum Gasteiger partial charge on any atom is -0.473 e. The van der Waals surface area contributed by atoms with Gasteiger partial charge in [0.2, 0.25) is 0 Å². The van der Waals surface area contributed by atoms with Crippen molar-refractivity contribution in [3.8, 4) is 5.88 Å². The van der Waals surface area contributed by atoms with Crippen molar-refractivity contribution in [1.82, 2.24) is 9.97 Å². The van der Waals surface area contributed by atoms with Gasteiger partial charge in [0.1, 0.15) is 6.61 Å². The zero-order chi connectivity index (χ0) is 13.7. The Morgan fingerprint density at radius 2 is 1.79 bits per heavy atom. The molecule has 1 heterocycles. The van der Waals surface area contributed by atoms with Crippen LogP contribution in [0.15, 0.2) is 24.3 Å². The highest BCUT2D eigenvalue weighted by Crippen LogP contribution is 2.20. The van der Waals surface area contributed by atoms with E-state index in [4.69, 9.17) is 15.2 Å². The molecule has 0 spiro atoms. The number of anilines is 1. The number of hydrogen-bond donors (Lipinski definition) is 1. The molecular weight excluding hydrogens is 242 g/mol. The third kappa shape index (κ3) is 3.79. The highest BCUT2D eigenvalue weighted by molar-refractivity contribution is 5.76. The average molecular weight is 261 g/mol. The normalized spacial score (nSPS) is 11.1. The van der Waals surface area contributed by atoms with E-state index in [1.54, 1.807) is 0 Å². The Balaban J connectivity index is 1.95. The molecule has 5 heteroatoms. The van der Waals surface area contributed by atoms with Crippen molar-refractivity contribution in [2.24, 2.45) is 5.92 Å². The number of nitrogens with two attached hydrogens (primary N) is 1. The van der Waals surface area contributed by atoms with Crippen LogP contribution in [0, 0.1) is 5.92 Å². The molecule has 0 aliphatic heterocycles. The summed E-state index contributed by atoms with van der Waals surface area (Å²) < 4.78 is 10.9. The SMILES string of the molecule is CC(C)COCCOc1nc2ccccc2nc1N. The molecule has 0 radical (unpaired) electrons. The van der Waals surface area contributed by atoms with E-state index < -0.39 is 0 Å². The molecule has 1 aromatic heterocycles. The van der Waals surface area contributed by atoms with Crippen molar-refractivity contribution in [3.05, 3.63) is 24.3 Å². The monoisotopic (exact) mass is 261 g/mol. The van der Waals surface area contributed by atoms with Gasteiger partial charge in [-0.25, -0.2) is 9.97 Å². The smallest absolute Gasteiger partial charge is 0.257 e. The molecule has 0 saturated heterocycles. The molecule has 5 nitrogen and oxygen atoms in total. The van der Waals surface area contributed by atoms with E-state index in [1.165, 1.54) is 0 Å². The molecule has 2 rings (SSSR count). The molecule has 0 saturated carbocycles. The number of benzene rings is 1. The Morgan fingerprint density at radius 1 is 1.11 bits per heavy atom. The maximum absolute atomic E-state index is 5.81. The second kappa shape index (κ2) is 6.33. The summed E-state index contributed by atoms with van der Waals surface area (Å²) in [7, 11) is 0. The standard InChI is InChI=1S/C14H19N3O2/c1-10(2)9-18-7-8-19-14-13(15)16-11-5-3-4-6-12(11)17-14/h3-6,10H,7-9H2,1-2H3,(H2,15,16). The van der Waals surface area contributed by atoms with E-state index in [1.807, 2.05) is 24.3 Å². The van der Waals surface area contributed by atoms with Gasteiger partial charge in [0.25, 0.3) is 5.88 Å². The van der Waals surface area contributed by atoms with Crippen molar-refractivity contribution >= 4 is 16.9 Å². The van der Waals surface area contributed by atoms with Crippen LogP contribution in [0.3, 0.4) is 0 Å². The van der Waals surface area contributed by atoms with Crippen molar-refractivity contribution in [2.75, 3.05) is 25.6 Å². The Bertz CT molecular complexity index is 543. The summed E-state index contributed by atoms with van der Waals surface area (Å²) in [6.07, 6.45) is 0. The second-order valence-electron chi connectivity index (χ2n) is 4.72. The van der Waals surface area contributed by atoms with E-state index in [9.17, 15) is 0 Å². The van der Waals surface area contributed by atoms with Crippen LogP contribution in [0.1, 0.15) is 13.8 Å². The summed E-state index contributed by atoms with van der Waals surface area (Å²) >= 11 is 0. The quantitative estimate of drug-likeness (QED) is 0.808. The molecule has 0 unspecified atom stereocenters. The van der Waals surface area contributed by atoms with Gasteiger partial charge in [0.15, 0.2) is 5.82 Å². The Morgan fingerprint density at radius 3 is 2.47 bits per heavy atom. The number of nitrogen functional groups attached to an aromatic ring is 1. The van der Waals surface area contributed by atoms with Crippen LogP contribution < -0.4 is 10.5 Å². The fourth-order valence-electron chi connectivity index (χ4n) is 1.62. The fraction of sp³-hybridized carbons (Fsp3) is 0.429. The first-order chi connectivity index (χ1) is 9.16. The molecule has 2 N–H and O–H groups in total. The molecular formula is C14H19N3O2. The van der Waals surface area contributed by atoms with E-state index in [0.717, 1.165) is 17.6 Å². The van der Waals surface area contributed by atoms with E-state index >= 15 is 0 Å². The van der Waals surface area contributed by atoms with Crippen molar-refractivity contribution in [2.45, 2.75) is 13.8 Å². The van der Waals surface area contributed by atoms with Crippen LogP contribution in [-0.4, -0.2) is 29.8 Å². The van der Waals surface area contributed by atoms with Gasteiger partial charge < -0.3 is 15.2 Å². The first-order valence-corrected chi connectivity index (χ1v) is 6.39. The first kappa shape index (κ1) is 13.5. The molecule has 0 bridgehead atoms. The predicted octanol–water partition coefficient (Wildman–Crippen LogP) is 2.26. The number of hydrogen-bond acceptors (Lipinski definition) is 5. The molecule has 2 aromatic rings. The average Bonchev–Trinajstić information content (AvgIpc) is 2.38. The minimum atomic E-state index is 0.308. The third-order valence-electron chi connectivity index (χ3n) is 2.48. The molecule has 0 aliphatic rings. The van der Waals surface area contributed by atoms with Crippen LogP contribution in [0.5, 0.6) is 5.88 Å². The van der Waals surface area contributed by atoms with Gasteiger partial charge in [0.05, 0.1) is 17.6 Å². The van der Waals surface area contributed by atoms with Crippen molar-refractivity contribution < 1.29 is 9.47 Å². The molecule has 0 fully saturated rings. The van der Waals surface area contributed by atoms with Gasteiger partial charge in [-0.05, 0) is 18.1 Å². The number of rotatable bonds is 6. The van der Waals surface area contributed by atoms with E-state index in [2.05, 4.69) is 23.8 Å². The zero-order valence-corrected chi connectivity index (χ0v) is 11.3. The van der Waals surface area contributed by atoms with Crippen LogP contribution >= 0.6 is 0 Å². The van der Waals surface area contributed by atoms with Gasteiger partial charge in [-0.2, -0.15) is 0 Å². The number of aromatic nitrogens is 2. The second-order valence-corrected chi connectivity index (χ2v) is 4.72. The highest BCUT2D eigenvalue weighted by Gasteiger charge is 2.06. The summed E-state index contributed by atoms with van der Waals surface area (Å²) in [5, 5.41) is 0. The summed E-state index contributed by atoms with van der Waals surface area (Å²) in [5.74, 6) is 1.19. The lowest BCUT2D eigenvalue weighted by Gasteiger charge is -2.09. The molecule has 0 amide bonds. The predicted molar refractivity (Wildman–Crippen MR) is 75.1 cm³/mol. The molecule has 19 heavy (non-hydrogen) atoms. The fourth-order valence-corrected chi connectivity index (χ4v) is 1.62. The lowest BCUT2D eigenvalue weighted by atomic mass is 10.2. The third-order valence-corrected chi connectivity index (χ3v) is 2.48. The largest absolute Gasteiger partial charge is 0.473 e. The molecule has 1 aromatic carbocycles. The Hall–Kier alpha value is -1.88. The highest BCUT2D eigenvalue weighted by atomic mass is 16.5. The lowest BCUT2D eigenvalue weighted by molar-refractivity contribution is 0.0809.